The van der Waals surface area contributed by atoms with Crippen LogP contribution in [0.1, 0.15) is 39.5 Å². The van der Waals surface area contributed by atoms with Crippen molar-refractivity contribution < 1.29 is 25.2 Å². The number of aliphatic hydroxyl groups excluding tert-OH is 2. The van der Waals surface area contributed by atoms with Gasteiger partial charge in [-0.05, 0) is 32.6 Å². The molecule has 0 aliphatic heterocycles. The van der Waals surface area contributed by atoms with E-state index in [0.29, 0.717) is 25.7 Å². The van der Waals surface area contributed by atoms with Crippen LogP contribution >= 0.6 is 0 Å². The quantitative estimate of drug-likeness (QED) is 0.565. The molecule has 5 heteroatoms. The van der Waals surface area contributed by atoms with E-state index in [4.69, 9.17) is 5.11 Å². The molecule has 0 bridgehead atoms. The number of carboxylic acid groups (broad SMARTS) is 1. The average molecular weight is 284 g/mol. The molecule has 0 aromatic rings. The van der Waals surface area contributed by atoms with Gasteiger partial charge in [-0.1, -0.05) is 13.5 Å². The van der Waals surface area contributed by atoms with E-state index in [1.165, 1.54) is 0 Å². The second kappa shape index (κ2) is 4.83. The van der Waals surface area contributed by atoms with Gasteiger partial charge in [-0.3, -0.25) is 0 Å². The van der Waals surface area contributed by atoms with Crippen LogP contribution < -0.4 is 0 Å². The molecule has 2 aliphatic carbocycles. The fourth-order valence-corrected chi connectivity index (χ4v) is 4.32. The summed E-state index contributed by atoms with van der Waals surface area (Å²) in [6, 6.07) is 0. The van der Waals surface area contributed by atoms with Crippen molar-refractivity contribution in [1.82, 2.24) is 0 Å². The van der Waals surface area contributed by atoms with Crippen molar-refractivity contribution >= 4 is 5.97 Å². The van der Waals surface area contributed by atoms with Gasteiger partial charge >= 0.3 is 5.97 Å². The molecular formula is C15H24O5. The zero-order valence-corrected chi connectivity index (χ0v) is 12.0. The van der Waals surface area contributed by atoms with E-state index in [0.717, 1.165) is 0 Å². The van der Waals surface area contributed by atoms with Crippen LogP contribution in [-0.4, -0.2) is 44.2 Å². The summed E-state index contributed by atoms with van der Waals surface area (Å²) in [4.78, 5) is 11.1. The van der Waals surface area contributed by atoms with Gasteiger partial charge in [0.2, 0.25) is 0 Å². The van der Waals surface area contributed by atoms with Crippen molar-refractivity contribution in [2.75, 3.05) is 0 Å². The van der Waals surface area contributed by atoms with Gasteiger partial charge in [0.05, 0.1) is 17.8 Å². The van der Waals surface area contributed by atoms with Crippen LogP contribution in [0.5, 0.6) is 0 Å². The maximum atomic E-state index is 11.1. The number of fused-ring (bicyclic) bond motifs is 1. The van der Waals surface area contributed by atoms with E-state index in [2.05, 4.69) is 6.58 Å². The Morgan fingerprint density at radius 3 is 2.35 bits per heavy atom. The second-order valence-electron chi connectivity index (χ2n) is 6.86. The van der Waals surface area contributed by atoms with Crippen LogP contribution in [0.3, 0.4) is 0 Å². The third-order valence-corrected chi connectivity index (χ3v) is 5.54. The first kappa shape index (κ1) is 15.5. The predicted octanol–water partition coefficient (Wildman–Crippen LogP) is 0.926. The lowest BCUT2D eigenvalue weighted by Gasteiger charge is -2.58. The van der Waals surface area contributed by atoms with Crippen LogP contribution in [0.25, 0.3) is 0 Å². The largest absolute Gasteiger partial charge is 0.478 e. The molecule has 114 valence electrons. The Morgan fingerprint density at radius 1 is 1.20 bits per heavy atom. The Morgan fingerprint density at radius 2 is 1.80 bits per heavy atom. The molecule has 2 aliphatic rings. The molecule has 0 aromatic heterocycles. The third-order valence-electron chi connectivity index (χ3n) is 5.54. The molecular weight excluding hydrogens is 260 g/mol. The standard InChI is InChI=1S/C15H24O5/c1-8(13(18)19)9-4-6-14(2)10(16)5-7-15(3,20)12(14)11(9)17/h9-12,16-17,20H,1,4-7H2,2-3H3,(H,18,19). The Labute approximate surface area is 118 Å². The Balaban J connectivity index is 2.36. The number of hydrogen-bond acceptors (Lipinski definition) is 4. The van der Waals surface area contributed by atoms with Gasteiger partial charge in [0.15, 0.2) is 0 Å². The Bertz CT molecular complexity index is 430. The molecule has 20 heavy (non-hydrogen) atoms. The molecule has 5 nitrogen and oxygen atoms in total. The van der Waals surface area contributed by atoms with Crippen molar-refractivity contribution in [2.45, 2.75) is 57.3 Å². The SMILES string of the molecule is C=C(C(=O)O)C1CCC2(C)C(O)CCC(C)(O)C2C1O. The van der Waals surface area contributed by atoms with Gasteiger partial charge in [-0.25, -0.2) is 4.79 Å². The normalized spacial score (nSPS) is 48.5. The number of rotatable bonds is 2. The molecule has 0 radical (unpaired) electrons. The van der Waals surface area contributed by atoms with E-state index in [1.54, 1.807) is 6.92 Å². The third kappa shape index (κ3) is 2.18. The maximum Gasteiger partial charge on any atom is 0.331 e. The molecule has 6 unspecified atom stereocenters. The van der Waals surface area contributed by atoms with E-state index in [-0.39, 0.29) is 5.57 Å². The molecule has 2 fully saturated rings. The summed E-state index contributed by atoms with van der Waals surface area (Å²) in [5.41, 5.74) is -1.71. The maximum absolute atomic E-state index is 11.1. The molecule has 0 spiro atoms. The van der Waals surface area contributed by atoms with Crippen LogP contribution in [-0.2, 0) is 4.79 Å². The molecule has 2 rings (SSSR count). The van der Waals surface area contributed by atoms with Gasteiger partial charge in [-0.2, -0.15) is 0 Å². The first-order valence-corrected chi connectivity index (χ1v) is 7.12. The first-order valence-electron chi connectivity index (χ1n) is 7.12. The van der Waals surface area contributed by atoms with Gasteiger partial charge in [0.25, 0.3) is 0 Å². The van der Waals surface area contributed by atoms with Crippen LogP contribution in [0.2, 0.25) is 0 Å². The second-order valence-corrected chi connectivity index (χ2v) is 6.86. The number of aliphatic hydroxyl groups is 3. The van der Waals surface area contributed by atoms with E-state index >= 15 is 0 Å². The molecule has 0 aromatic carbocycles. The van der Waals surface area contributed by atoms with Gasteiger partial charge in [0.1, 0.15) is 0 Å². The van der Waals surface area contributed by atoms with E-state index < -0.39 is 41.0 Å². The summed E-state index contributed by atoms with van der Waals surface area (Å²) in [5.74, 6) is -2.23. The van der Waals surface area contributed by atoms with Crippen LogP contribution in [0, 0.1) is 17.3 Å². The summed E-state index contributed by atoms with van der Waals surface area (Å²) in [6.07, 6.45) is 0.355. The zero-order valence-electron chi connectivity index (χ0n) is 12.0. The molecule has 0 saturated heterocycles. The lowest BCUT2D eigenvalue weighted by Crippen LogP contribution is -2.63. The van der Waals surface area contributed by atoms with Crippen LogP contribution in [0.4, 0.5) is 0 Å². The van der Waals surface area contributed by atoms with E-state index in [9.17, 15) is 20.1 Å². The number of hydrogen-bond donors (Lipinski definition) is 4. The Hall–Kier alpha value is -0.910. The fourth-order valence-electron chi connectivity index (χ4n) is 4.32. The zero-order chi connectivity index (χ0) is 15.3. The molecule has 4 N–H and O–H groups in total. The number of carboxylic acids is 1. The summed E-state index contributed by atoms with van der Waals surface area (Å²) in [6.45, 7) is 7.09. The molecule has 2 saturated carbocycles. The predicted molar refractivity (Wildman–Crippen MR) is 73.0 cm³/mol. The van der Waals surface area contributed by atoms with Gasteiger partial charge in [0, 0.05) is 22.8 Å². The summed E-state index contributed by atoms with van der Waals surface area (Å²) in [7, 11) is 0. The first-order chi connectivity index (χ1) is 9.11. The summed E-state index contributed by atoms with van der Waals surface area (Å²) >= 11 is 0. The highest BCUT2D eigenvalue weighted by atomic mass is 16.4. The smallest absolute Gasteiger partial charge is 0.331 e. The van der Waals surface area contributed by atoms with Crippen molar-refractivity contribution in [2.24, 2.45) is 17.3 Å². The monoisotopic (exact) mass is 284 g/mol. The minimum atomic E-state index is -1.12. The number of aliphatic carboxylic acids is 1. The molecule has 0 amide bonds. The van der Waals surface area contributed by atoms with Crippen LogP contribution in [0.15, 0.2) is 12.2 Å². The lowest BCUT2D eigenvalue weighted by atomic mass is 9.50. The van der Waals surface area contributed by atoms with Crippen molar-refractivity contribution in [3.8, 4) is 0 Å². The highest BCUT2D eigenvalue weighted by Gasteiger charge is 2.59. The molecule has 6 atom stereocenters. The minimum Gasteiger partial charge on any atom is -0.478 e. The summed E-state index contributed by atoms with van der Waals surface area (Å²) in [5, 5.41) is 40.6. The van der Waals surface area contributed by atoms with E-state index in [1.807, 2.05) is 6.92 Å². The lowest BCUT2D eigenvalue weighted by molar-refractivity contribution is -0.212. The summed E-state index contributed by atoms with van der Waals surface area (Å²) < 4.78 is 0. The average Bonchev–Trinajstić information content (AvgIpc) is 2.33. The van der Waals surface area contributed by atoms with Gasteiger partial charge < -0.3 is 20.4 Å². The van der Waals surface area contributed by atoms with Crippen molar-refractivity contribution in [3.05, 3.63) is 12.2 Å². The minimum absolute atomic E-state index is 0.0181. The fraction of sp³-hybridized carbons (Fsp3) is 0.800. The van der Waals surface area contributed by atoms with Crippen molar-refractivity contribution in [3.63, 3.8) is 0 Å². The van der Waals surface area contributed by atoms with Crippen molar-refractivity contribution in [1.29, 1.82) is 0 Å². The topological polar surface area (TPSA) is 98.0 Å². The highest BCUT2D eigenvalue weighted by molar-refractivity contribution is 5.86. The Kier molecular flexibility index (Phi) is 3.73. The molecule has 0 heterocycles. The highest BCUT2D eigenvalue weighted by Crippen LogP contribution is 2.56. The number of carbonyl (C=O) groups is 1. The van der Waals surface area contributed by atoms with Gasteiger partial charge in [-0.15, -0.1) is 0 Å².